The van der Waals surface area contributed by atoms with E-state index in [9.17, 15) is 18.8 Å². The zero-order chi connectivity index (χ0) is 27.1. The van der Waals surface area contributed by atoms with Crippen molar-refractivity contribution >= 4 is 28.8 Å². The van der Waals surface area contributed by atoms with Gasteiger partial charge in [0, 0.05) is 31.5 Å². The van der Waals surface area contributed by atoms with Crippen LogP contribution in [-0.2, 0) is 16.1 Å². The highest BCUT2D eigenvalue weighted by Gasteiger charge is 2.31. The summed E-state index contributed by atoms with van der Waals surface area (Å²) in [6, 6.07) is 12.8. The Balaban J connectivity index is 1.46. The normalized spacial score (nSPS) is 17.1. The number of nitrogens with zero attached hydrogens (tertiary/aromatic N) is 2. The van der Waals surface area contributed by atoms with E-state index in [0.29, 0.717) is 24.4 Å². The number of urea groups is 1. The van der Waals surface area contributed by atoms with Crippen LogP contribution >= 0.6 is 0 Å². The number of piperidine rings is 1. The number of aromatic amines is 1. The summed E-state index contributed by atoms with van der Waals surface area (Å²) in [5, 5.41) is 5.52. The Hall–Kier alpha value is -3.75. The van der Waals surface area contributed by atoms with Gasteiger partial charge in [-0.1, -0.05) is 50.2 Å². The second-order valence-corrected chi connectivity index (χ2v) is 10.0. The smallest absolute Gasteiger partial charge is 0.315 e. The summed E-state index contributed by atoms with van der Waals surface area (Å²) in [5.41, 5.74) is 1.70. The van der Waals surface area contributed by atoms with Crippen LogP contribution in [0.5, 0.6) is 0 Å². The lowest BCUT2D eigenvalue weighted by atomic mass is 9.95. The van der Waals surface area contributed by atoms with Crippen LogP contribution in [0.1, 0.15) is 69.7 Å². The maximum absolute atomic E-state index is 14.1. The van der Waals surface area contributed by atoms with Crippen LogP contribution in [0.25, 0.3) is 11.0 Å². The van der Waals surface area contributed by atoms with Gasteiger partial charge in [0.25, 0.3) is 0 Å². The zero-order valence-corrected chi connectivity index (χ0v) is 22.0. The number of halogens is 1. The SMILES string of the molecule is CC[C@H]1CCCCN1C(=O)C[C@H](NC(=O)NCc1ccccc1)C(=O)C[C@@H](C)c1nc2c(F)cccc2[nH]1. The zero-order valence-electron chi connectivity index (χ0n) is 22.0. The molecule has 8 nitrogen and oxygen atoms in total. The first-order valence-electron chi connectivity index (χ1n) is 13.4. The Bertz CT molecular complexity index is 1260. The van der Waals surface area contributed by atoms with Gasteiger partial charge in [-0.2, -0.15) is 0 Å². The van der Waals surface area contributed by atoms with E-state index in [2.05, 4.69) is 27.5 Å². The molecule has 0 saturated carbocycles. The first kappa shape index (κ1) is 27.3. The Labute approximate surface area is 222 Å². The van der Waals surface area contributed by atoms with Crippen molar-refractivity contribution in [2.45, 2.75) is 76.9 Å². The molecule has 1 saturated heterocycles. The Kier molecular flexibility index (Phi) is 9.10. The number of rotatable bonds is 10. The van der Waals surface area contributed by atoms with Gasteiger partial charge in [0.15, 0.2) is 11.6 Å². The monoisotopic (exact) mass is 521 g/mol. The Morgan fingerprint density at radius 3 is 2.63 bits per heavy atom. The molecular formula is C29H36FN5O3. The molecule has 1 aliphatic heterocycles. The molecule has 0 aliphatic carbocycles. The van der Waals surface area contributed by atoms with Gasteiger partial charge in [-0.15, -0.1) is 0 Å². The van der Waals surface area contributed by atoms with Crippen molar-refractivity contribution < 1.29 is 18.8 Å². The molecule has 1 aromatic heterocycles. The molecule has 0 unspecified atom stereocenters. The molecule has 9 heteroatoms. The highest BCUT2D eigenvalue weighted by atomic mass is 19.1. The van der Waals surface area contributed by atoms with E-state index in [1.54, 1.807) is 12.1 Å². The minimum Gasteiger partial charge on any atom is -0.342 e. The van der Waals surface area contributed by atoms with Crippen molar-refractivity contribution in [2.24, 2.45) is 0 Å². The molecule has 202 valence electrons. The van der Waals surface area contributed by atoms with Crippen molar-refractivity contribution in [3.05, 3.63) is 65.7 Å². The van der Waals surface area contributed by atoms with Gasteiger partial charge in [-0.3, -0.25) is 9.59 Å². The van der Waals surface area contributed by atoms with Gasteiger partial charge in [-0.05, 0) is 43.4 Å². The fourth-order valence-electron chi connectivity index (χ4n) is 5.07. The number of carbonyl (C=O) groups is 3. The highest BCUT2D eigenvalue weighted by molar-refractivity contribution is 5.93. The standard InChI is InChI=1S/C29H36FN5O3/c1-3-21-12-7-8-15-35(21)26(37)17-24(33-29(38)31-18-20-10-5-4-6-11-20)25(36)16-19(2)28-32-23-14-9-13-22(30)27(23)34-28/h4-6,9-11,13-14,19,21,24H,3,7-8,12,15-18H2,1-2H3,(H,32,34)(H2,31,33,38)/t19-,21+,24+/m1/s1. The number of aromatic nitrogens is 2. The summed E-state index contributed by atoms with van der Waals surface area (Å²) in [6.07, 6.45) is 3.76. The molecule has 1 fully saturated rings. The summed E-state index contributed by atoms with van der Waals surface area (Å²) in [4.78, 5) is 48.8. The van der Waals surface area contributed by atoms with Gasteiger partial charge >= 0.3 is 6.03 Å². The third-order valence-corrected chi connectivity index (χ3v) is 7.24. The Morgan fingerprint density at radius 1 is 1.11 bits per heavy atom. The molecule has 3 atom stereocenters. The number of Topliss-reactive ketones (excluding diaryl/α,β-unsaturated/α-hetero) is 1. The summed E-state index contributed by atoms with van der Waals surface area (Å²) < 4.78 is 14.1. The molecule has 3 aromatic rings. The number of para-hydroxylation sites is 1. The van der Waals surface area contributed by atoms with Crippen molar-refractivity contribution in [1.29, 1.82) is 0 Å². The van der Waals surface area contributed by atoms with Gasteiger partial charge in [0.2, 0.25) is 5.91 Å². The van der Waals surface area contributed by atoms with Crippen molar-refractivity contribution in [1.82, 2.24) is 25.5 Å². The lowest BCUT2D eigenvalue weighted by molar-refractivity contribution is -0.137. The number of ketones is 1. The van der Waals surface area contributed by atoms with Crippen LogP contribution in [0, 0.1) is 5.82 Å². The number of benzene rings is 2. The fraction of sp³-hybridized carbons (Fsp3) is 0.448. The first-order valence-corrected chi connectivity index (χ1v) is 13.4. The van der Waals surface area contributed by atoms with E-state index in [1.807, 2.05) is 42.2 Å². The summed E-state index contributed by atoms with van der Waals surface area (Å²) >= 11 is 0. The average Bonchev–Trinajstić information content (AvgIpc) is 3.38. The van der Waals surface area contributed by atoms with Crippen molar-refractivity contribution in [2.75, 3.05) is 6.54 Å². The number of nitrogens with one attached hydrogen (secondary N) is 3. The molecule has 38 heavy (non-hydrogen) atoms. The summed E-state index contributed by atoms with van der Waals surface area (Å²) in [7, 11) is 0. The third-order valence-electron chi connectivity index (χ3n) is 7.24. The van der Waals surface area contributed by atoms with Gasteiger partial charge < -0.3 is 20.5 Å². The molecule has 0 spiro atoms. The molecule has 3 N–H and O–H groups in total. The summed E-state index contributed by atoms with van der Waals surface area (Å²) in [6.45, 7) is 4.84. The van der Waals surface area contributed by atoms with E-state index in [0.717, 1.165) is 31.2 Å². The van der Waals surface area contributed by atoms with Crippen LogP contribution in [0.4, 0.5) is 9.18 Å². The van der Waals surface area contributed by atoms with Gasteiger partial charge in [0.05, 0.1) is 18.0 Å². The fourth-order valence-corrected chi connectivity index (χ4v) is 5.07. The molecule has 2 aromatic carbocycles. The van der Waals surface area contributed by atoms with E-state index in [1.165, 1.54) is 6.07 Å². The van der Waals surface area contributed by atoms with E-state index < -0.39 is 17.9 Å². The molecule has 4 rings (SSSR count). The molecule has 3 amide bonds. The lowest BCUT2D eigenvalue weighted by Gasteiger charge is -2.36. The number of imidazole rings is 1. The van der Waals surface area contributed by atoms with Crippen LogP contribution in [-0.4, -0.2) is 51.2 Å². The predicted molar refractivity (Wildman–Crippen MR) is 144 cm³/mol. The van der Waals surface area contributed by atoms with Crippen LogP contribution in [0.15, 0.2) is 48.5 Å². The predicted octanol–water partition coefficient (Wildman–Crippen LogP) is 4.81. The van der Waals surface area contributed by atoms with Crippen LogP contribution in [0.3, 0.4) is 0 Å². The molecule has 0 bridgehead atoms. The average molecular weight is 522 g/mol. The number of hydrogen-bond donors (Lipinski definition) is 3. The molecule has 0 radical (unpaired) electrons. The van der Waals surface area contributed by atoms with Gasteiger partial charge in [0.1, 0.15) is 11.3 Å². The van der Waals surface area contributed by atoms with E-state index in [4.69, 9.17) is 0 Å². The number of amides is 3. The number of hydrogen-bond acceptors (Lipinski definition) is 4. The molecule has 2 heterocycles. The number of likely N-dealkylation sites (tertiary alicyclic amines) is 1. The second-order valence-electron chi connectivity index (χ2n) is 10.0. The highest BCUT2D eigenvalue weighted by Crippen LogP contribution is 2.24. The minimum absolute atomic E-state index is 0.0373. The molecule has 1 aliphatic rings. The first-order chi connectivity index (χ1) is 18.4. The van der Waals surface area contributed by atoms with Gasteiger partial charge in [-0.25, -0.2) is 14.2 Å². The number of carbonyl (C=O) groups excluding carboxylic acids is 3. The topological polar surface area (TPSA) is 107 Å². The second kappa shape index (κ2) is 12.7. The maximum Gasteiger partial charge on any atom is 0.315 e. The van der Waals surface area contributed by atoms with Crippen LogP contribution < -0.4 is 10.6 Å². The largest absolute Gasteiger partial charge is 0.342 e. The molecular weight excluding hydrogens is 485 g/mol. The quantitative estimate of drug-likeness (QED) is 0.356. The third kappa shape index (κ3) is 6.76. The van der Waals surface area contributed by atoms with Crippen molar-refractivity contribution in [3.63, 3.8) is 0 Å². The van der Waals surface area contributed by atoms with Crippen LogP contribution in [0.2, 0.25) is 0 Å². The van der Waals surface area contributed by atoms with E-state index in [-0.39, 0.29) is 42.0 Å². The summed E-state index contributed by atoms with van der Waals surface area (Å²) in [5.74, 6) is -0.710. The minimum atomic E-state index is -0.985. The Morgan fingerprint density at radius 2 is 1.89 bits per heavy atom. The number of H-pyrrole nitrogens is 1. The van der Waals surface area contributed by atoms with E-state index >= 15 is 0 Å². The maximum atomic E-state index is 14.1. The number of fused-ring (bicyclic) bond motifs is 1. The van der Waals surface area contributed by atoms with Crippen molar-refractivity contribution in [3.8, 4) is 0 Å². The lowest BCUT2D eigenvalue weighted by Crippen LogP contribution is -2.50.